The van der Waals surface area contributed by atoms with Crippen molar-refractivity contribution in [2.75, 3.05) is 40.8 Å². The fourth-order valence-corrected chi connectivity index (χ4v) is 4.76. The zero-order valence-corrected chi connectivity index (χ0v) is 21.4. The Hall–Kier alpha value is -3.91. The zero-order chi connectivity index (χ0) is 26.0. The molecule has 1 N–H and O–H groups in total. The van der Waals surface area contributed by atoms with Crippen molar-refractivity contribution in [3.63, 3.8) is 0 Å². The van der Waals surface area contributed by atoms with E-state index < -0.39 is 12.0 Å². The molecule has 1 aliphatic rings. The van der Waals surface area contributed by atoms with Gasteiger partial charge in [0.15, 0.2) is 23.0 Å². The Kier molecular flexibility index (Phi) is 7.26. The number of halogens is 1. The molecule has 1 aliphatic heterocycles. The van der Waals surface area contributed by atoms with Crippen molar-refractivity contribution in [3.05, 3.63) is 76.3 Å². The van der Waals surface area contributed by atoms with Gasteiger partial charge in [0.25, 0.3) is 5.91 Å². The Labute approximate surface area is 214 Å². The van der Waals surface area contributed by atoms with Gasteiger partial charge in [0.2, 0.25) is 5.91 Å². The Morgan fingerprint density at radius 2 is 1.50 bits per heavy atom. The Balaban J connectivity index is 1.90. The highest BCUT2D eigenvalue weighted by Crippen LogP contribution is 2.47. The van der Waals surface area contributed by atoms with Crippen LogP contribution < -0.4 is 24.3 Å². The monoisotopic (exact) mass is 510 g/mol. The predicted molar refractivity (Wildman–Crippen MR) is 137 cm³/mol. The summed E-state index contributed by atoms with van der Waals surface area (Å²) in [5.74, 6) is 0.486. The second-order valence-corrected chi connectivity index (χ2v) is 8.68. The number of nitrogens with zero attached hydrogens (tertiary/aromatic N) is 1. The highest BCUT2D eigenvalue weighted by Gasteiger charge is 2.44. The normalized spacial score (nSPS) is 16.7. The van der Waals surface area contributed by atoms with Crippen molar-refractivity contribution in [1.29, 1.82) is 0 Å². The number of hydrogen-bond donors (Lipinski definition) is 1. The Morgan fingerprint density at radius 3 is 2.14 bits per heavy atom. The van der Waals surface area contributed by atoms with E-state index in [1.165, 1.54) is 21.3 Å². The van der Waals surface area contributed by atoms with Gasteiger partial charge < -0.3 is 29.2 Å². The molecule has 0 aromatic heterocycles. The van der Waals surface area contributed by atoms with Gasteiger partial charge in [-0.3, -0.25) is 9.59 Å². The molecule has 0 aliphatic carbocycles. The van der Waals surface area contributed by atoms with E-state index in [0.29, 0.717) is 50.4 Å². The molecule has 0 saturated heterocycles. The number of carbonyl (C=O) groups is 2. The van der Waals surface area contributed by atoms with Crippen LogP contribution in [0.1, 0.15) is 33.4 Å². The van der Waals surface area contributed by atoms with Crippen LogP contribution in [0.2, 0.25) is 5.02 Å². The summed E-state index contributed by atoms with van der Waals surface area (Å²) in [4.78, 5) is 29.0. The quantitative estimate of drug-likeness (QED) is 0.485. The lowest BCUT2D eigenvalue weighted by molar-refractivity contribution is -0.119. The molecule has 0 radical (unpaired) electrons. The summed E-state index contributed by atoms with van der Waals surface area (Å²) >= 11 is 6.14. The Bertz CT molecular complexity index is 1310. The highest BCUT2D eigenvalue weighted by atomic mass is 35.5. The first kappa shape index (κ1) is 25.2. The molecule has 2 amide bonds. The van der Waals surface area contributed by atoms with Gasteiger partial charge in [-0.05, 0) is 53.6 Å². The first-order valence-corrected chi connectivity index (χ1v) is 11.5. The summed E-state index contributed by atoms with van der Waals surface area (Å²) in [5.41, 5.74) is 2.13. The van der Waals surface area contributed by atoms with Crippen LogP contribution in [0.5, 0.6) is 23.0 Å². The average molecular weight is 511 g/mol. The van der Waals surface area contributed by atoms with Crippen molar-refractivity contribution >= 4 is 29.1 Å². The highest BCUT2D eigenvalue weighted by molar-refractivity contribution is 6.30. The third-order valence-corrected chi connectivity index (χ3v) is 6.53. The topological polar surface area (TPSA) is 86.3 Å². The predicted octanol–water partition coefficient (Wildman–Crippen LogP) is 4.92. The van der Waals surface area contributed by atoms with Crippen LogP contribution in [-0.2, 0) is 4.79 Å². The first-order chi connectivity index (χ1) is 17.3. The molecule has 1 heterocycles. The molecular formula is C27H27ClN2O6. The van der Waals surface area contributed by atoms with E-state index in [9.17, 15) is 9.59 Å². The van der Waals surface area contributed by atoms with Crippen LogP contribution in [0.15, 0.2) is 54.6 Å². The number of ether oxygens (including phenoxy) is 4. The van der Waals surface area contributed by atoms with Gasteiger partial charge in [-0.25, -0.2) is 0 Å². The third-order valence-electron chi connectivity index (χ3n) is 6.30. The van der Waals surface area contributed by atoms with E-state index in [1.807, 2.05) is 6.07 Å². The molecule has 9 heteroatoms. The minimum Gasteiger partial charge on any atom is -0.493 e. The SMILES string of the molecule is COc1ccc([C@@H]2[C@H](C(=O)Nc3cccc(Cl)c3)c3cc(OC)c(OC)cc3C(=O)N2C)cc1OC. The molecule has 0 saturated carbocycles. The number of benzene rings is 3. The number of anilines is 1. The fraction of sp³-hybridized carbons (Fsp3) is 0.259. The van der Waals surface area contributed by atoms with Gasteiger partial charge in [-0.1, -0.05) is 23.7 Å². The minimum absolute atomic E-state index is 0.252. The van der Waals surface area contributed by atoms with Gasteiger partial charge >= 0.3 is 0 Å². The first-order valence-electron chi connectivity index (χ1n) is 11.1. The number of fused-ring (bicyclic) bond motifs is 1. The van der Waals surface area contributed by atoms with Gasteiger partial charge in [-0.15, -0.1) is 0 Å². The van der Waals surface area contributed by atoms with Gasteiger partial charge in [0.1, 0.15) is 0 Å². The van der Waals surface area contributed by atoms with E-state index in [1.54, 1.807) is 67.6 Å². The summed E-state index contributed by atoms with van der Waals surface area (Å²) in [7, 11) is 7.76. The number of rotatable bonds is 7. The lowest BCUT2D eigenvalue weighted by Crippen LogP contribution is -2.44. The molecule has 188 valence electrons. The molecule has 8 nitrogen and oxygen atoms in total. The maximum atomic E-state index is 13.9. The number of likely N-dealkylation sites (N-methyl/N-ethyl adjacent to an activating group) is 1. The zero-order valence-electron chi connectivity index (χ0n) is 20.6. The van der Waals surface area contributed by atoms with Crippen LogP contribution in [0, 0.1) is 0 Å². The van der Waals surface area contributed by atoms with Gasteiger partial charge in [0, 0.05) is 23.3 Å². The average Bonchev–Trinajstić information content (AvgIpc) is 2.89. The summed E-state index contributed by atoms with van der Waals surface area (Å²) in [6.07, 6.45) is 0. The molecule has 0 unspecified atom stereocenters. The van der Waals surface area contributed by atoms with E-state index in [2.05, 4.69) is 5.32 Å². The van der Waals surface area contributed by atoms with E-state index in [0.717, 1.165) is 0 Å². The molecule has 36 heavy (non-hydrogen) atoms. The molecular weight excluding hydrogens is 484 g/mol. The lowest BCUT2D eigenvalue weighted by Gasteiger charge is -2.40. The number of hydrogen-bond acceptors (Lipinski definition) is 6. The van der Waals surface area contributed by atoms with Crippen LogP contribution in [-0.4, -0.2) is 52.2 Å². The lowest BCUT2D eigenvalue weighted by atomic mass is 9.79. The number of nitrogens with one attached hydrogen (secondary N) is 1. The summed E-state index contributed by atoms with van der Waals surface area (Å²) in [6.45, 7) is 0. The van der Waals surface area contributed by atoms with Crippen LogP contribution in [0.4, 0.5) is 5.69 Å². The maximum Gasteiger partial charge on any atom is 0.254 e. The standard InChI is InChI=1S/C27H27ClN2O6/c1-30-25(15-9-10-20(33-2)21(11-15)34-3)24(26(31)29-17-8-6-7-16(28)12-17)18-13-22(35-4)23(36-5)14-19(18)27(30)32/h6-14,24-25H,1-5H3,(H,29,31)/t24-,25-/m1/s1. The molecule has 0 fully saturated rings. The largest absolute Gasteiger partial charge is 0.493 e. The summed E-state index contributed by atoms with van der Waals surface area (Å²) < 4.78 is 21.8. The molecule has 0 bridgehead atoms. The molecule has 0 spiro atoms. The van der Waals surface area contributed by atoms with Crippen LogP contribution in [0.25, 0.3) is 0 Å². The van der Waals surface area contributed by atoms with E-state index in [-0.39, 0.29) is 11.8 Å². The second kappa shape index (κ2) is 10.4. The maximum absolute atomic E-state index is 13.9. The second-order valence-electron chi connectivity index (χ2n) is 8.25. The van der Waals surface area contributed by atoms with E-state index >= 15 is 0 Å². The van der Waals surface area contributed by atoms with Crippen molar-refractivity contribution in [1.82, 2.24) is 4.90 Å². The smallest absolute Gasteiger partial charge is 0.254 e. The van der Waals surface area contributed by atoms with Crippen LogP contribution >= 0.6 is 11.6 Å². The summed E-state index contributed by atoms with van der Waals surface area (Å²) in [6, 6.07) is 14.9. The third kappa shape index (κ3) is 4.52. The number of methoxy groups -OCH3 is 4. The Morgan fingerprint density at radius 1 is 0.861 bits per heavy atom. The fourth-order valence-electron chi connectivity index (χ4n) is 4.57. The van der Waals surface area contributed by atoms with Crippen LogP contribution in [0.3, 0.4) is 0 Å². The number of amides is 2. The molecule has 4 rings (SSSR count). The van der Waals surface area contributed by atoms with Crippen molar-refractivity contribution in [3.8, 4) is 23.0 Å². The summed E-state index contributed by atoms with van der Waals surface area (Å²) in [5, 5.41) is 3.45. The van der Waals surface area contributed by atoms with Crippen molar-refractivity contribution in [2.45, 2.75) is 12.0 Å². The van der Waals surface area contributed by atoms with Crippen molar-refractivity contribution in [2.24, 2.45) is 0 Å². The van der Waals surface area contributed by atoms with Crippen molar-refractivity contribution < 1.29 is 28.5 Å². The molecule has 2 atom stereocenters. The molecule has 3 aromatic carbocycles. The minimum atomic E-state index is -0.792. The van der Waals surface area contributed by atoms with E-state index in [4.69, 9.17) is 30.5 Å². The van der Waals surface area contributed by atoms with Gasteiger partial charge in [-0.2, -0.15) is 0 Å². The van der Waals surface area contributed by atoms with Gasteiger partial charge in [0.05, 0.1) is 40.4 Å². The number of carbonyl (C=O) groups excluding carboxylic acids is 2. The molecule has 3 aromatic rings.